The van der Waals surface area contributed by atoms with E-state index in [9.17, 15) is 26.4 Å². The molecule has 0 heterocycles. The summed E-state index contributed by atoms with van der Waals surface area (Å²) in [5.41, 5.74) is 1.00. The van der Waals surface area contributed by atoms with E-state index in [2.05, 4.69) is 15.9 Å². The van der Waals surface area contributed by atoms with Crippen molar-refractivity contribution in [2.45, 2.75) is 16.7 Å². The summed E-state index contributed by atoms with van der Waals surface area (Å²) in [5, 5.41) is 0.229. The Morgan fingerprint density at radius 3 is 1.29 bits per heavy atom. The molecular weight excluding hydrogens is 508 g/mol. The van der Waals surface area contributed by atoms with Gasteiger partial charge in [-0.25, -0.2) is 25.4 Å². The highest BCUT2D eigenvalue weighted by Crippen LogP contribution is 2.15. The summed E-state index contributed by atoms with van der Waals surface area (Å²) in [6, 6.07) is 11.8. The number of alkyl halides is 1. The lowest BCUT2D eigenvalue weighted by Gasteiger charge is -2.11. The molecule has 11 heteroatoms. The molecule has 0 fully saturated rings. The lowest BCUT2D eigenvalue weighted by Crippen LogP contribution is -2.22. The number of Topliss-reactive ketones (excluding diaryl/α,β-unsaturated/α-hetero) is 2. The Bertz CT molecular complexity index is 1130. The number of hydrogen-bond acceptors (Lipinski definition) is 6. The maximum atomic E-state index is 11.7. The zero-order valence-electron chi connectivity index (χ0n) is 17.9. The zero-order valence-corrected chi connectivity index (χ0v) is 21.1. The second-order valence-electron chi connectivity index (χ2n) is 6.74. The number of ketones is 2. The van der Waals surface area contributed by atoms with Gasteiger partial charge in [-0.1, -0.05) is 40.2 Å². The van der Waals surface area contributed by atoms with Gasteiger partial charge in [-0.15, -0.1) is 0 Å². The molecule has 0 saturated carbocycles. The van der Waals surface area contributed by atoms with Gasteiger partial charge in [-0.3, -0.25) is 9.59 Å². The molecule has 2 aromatic carbocycles. The maximum absolute atomic E-state index is 11.7. The normalized spacial score (nSPS) is 11.7. The maximum Gasteiger partial charge on any atom is 0.242 e. The van der Waals surface area contributed by atoms with Crippen LogP contribution >= 0.6 is 15.9 Å². The third-order valence-electron chi connectivity index (χ3n) is 4.12. The summed E-state index contributed by atoms with van der Waals surface area (Å²) in [6.07, 6.45) is 0. The Labute approximate surface area is 192 Å². The van der Waals surface area contributed by atoms with Gasteiger partial charge in [0.1, 0.15) is 0 Å². The van der Waals surface area contributed by atoms with Crippen molar-refractivity contribution in [3.05, 3.63) is 59.7 Å². The predicted octanol–water partition coefficient (Wildman–Crippen LogP) is 2.65. The first-order chi connectivity index (χ1) is 14.2. The third-order valence-corrected chi connectivity index (χ3v) is 8.28. The Morgan fingerprint density at radius 1 is 0.710 bits per heavy atom. The van der Waals surface area contributed by atoms with E-state index in [-0.39, 0.29) is 26.7 Å². The predicted molar refractivity (Wildman–Crippen MR) is 123 cm³/mol. The first kappa shape index (κ1) is 27.1. The first-order valence-corrected chi connectivity index (χ1v) is 12.9. The van der Waals surface area contributed by atoms with Crippen molar-refractivity contribution in [1.29, 1.82) is 0 Å². The van der Waals surface area contributed by atoms with E-state index in [1.807, 2.05) is 0 Å². The van der Waals surface area contributed by atoms with Crippen molar-refractivity contribution in [3.8, 4) is 0 Å². The second kappa shape index (κ2) is 11.1. The minimum atomic E-state index is -3.42. The highest BCUT2D eigenvalue weighted by Gasteiger charge is 2.18. The number of sulfonamides is 2. The fourth-order valence-corrected chi connectivity index (χ4v) is 4.30. The van der Waals surface area contributed by atoms with Gasteiger partial charge in [0.25, 0.3) is 0 Å². The van der Waals surface area contributed by atoms with E-state index in [0.717, 1.165) is 8.61 Å². The Kier molecular flexibility index (Phi) is 9.70. The fraction of sp³-hybridized carbons (Fsp3) is 0.300. The molecule has 2 aromatic rings. The fourth-order valence-electron chi connectivity index (χ4n) is 2.17. The Balaban J connectivity index is 0.000000311. The highest BCUT2D eigenvalue weighted by molar-refractivity contribution is 9.09. The quantitative estimate of drug-likeness (QED) is 0.400. The molecule has 8 nitrogen and oxygen atoms in total. The summed E-state index contributed by atoms with van der Waals surface area (Å²) in [5.74, 6) is -0.155. The van der Waals surface area contributed by atoms with Gasteiger partial charge in [0.15, 0.2) is 11.6 Å². The molecule has 0 N–H and O–H groups in total. The number of nitrogens with zero attached hydrogens (tertiary/aromatic N) is 2. The van der Waals surface area contributed by atoms with Crippen LogP contribution in [0.3, 0.4) is 0 Å². The van der Waals surface area contributed by atoms with Gasteiger partial charge in [0.05, 0.1) is 15.1 Å². The van der Waals surface area contributed by atoms with Crippen molar-refractivity contribution >= 4 is 47.5 Å². The summed E-state index contributed by atoms with van der Waals surface area (Å²) in [7, 11) is -0.950. The number of halogens is 1. The van der Waals surface area contributed by atoms with Gasteiger partial charge in [0, 0.05) is 39.3 Å². The molecule has 0 radical (unpaired) electrons. The van der Waals surface area contributed by atoms with E-state index in [1.54, 1.807) is 0 Å². The van der Waals surface area contributed by atoms with Crippen LogP contribution in [-0.4, -0.2) is 70.5 Å². The van der Waals surface area contributed by atoms with Gasteiger partial charge < -0.3 is 0 Å². The van der Waals surface area contributed by atoms with Crippen LogP contribution < -0.4 is 0 Å². The summed E-state index contributed by atoms with van der Waals surface area (Å²) < 4.78 is 49.0. The molecule has 170 valence electrons. The summed E-state index contributed by atoms with van der Waals surface area (Å²) in [4.78, 5) is 22.7. The van der Waals surface area contributed by atoms with Gasteiger partial charge in [-0.05, 0) is 31.2 Å². The molecule has 31 heavy (non-hydrogen) atoms. The topological polar surface area (TPSA) is 109 Å². The smallest absolute Gasteiger partial charge is 0.242 e. The number of carbonyl (C=O) groups excluding carboxylic acids is 2. The minimum Gasteiger partial charge on any atom is -0.295 e. The van der Waals surface area contributed by atoms with Crippen molar-refractivity contribution in [3.63, 3.8) is 0 Å². The van der Waals surface area contributed by atoms with Crippen molar-refractivity contribution < 1.29 is 26.4 Å². The number of hydrogen-bond donors (Lipinski definition) is 0. The van der Waals surface area contributed by atoms with Gasteiger partial charge in [-0.2, -0.15) is 0 Å². The molecule has 0 aromatic heterocycles. The average molecular weight is 533 g/mol. The highest BCUT2D eigenvalue weighted by atomic mass is 79.9. The molecule has 0 saturated heterocycles. The zero-order chi connectivity index (χ0) is 24.0. The van der Waals surface area contributed by atoms with Crippen LogP contribution in [0.4, 0.5) is 0 Å². The largest absolute Gasteiger partial charge is 0.295 e. The van der Waals surface area contributed by atoms with Crippen LogP contribution in [0.2, 0.25) is 0 Å². The van der Waals surface area contributed by atoms with E-state index in [0.29, 0.717) is 11.1 Å². The van der Waals surface area contributed by atoms with Crippen molar-refractivity contribution in [1.82, 2.24) is 8.61 Å². The van der Waals surface area contributed by atoms with Crippen LogP contribution in [0.5, 0.6) is 0 Å². The monoisotopic (exact) mass is 532 g/mol. The van der Waals surface area contributed by atoms with Gasteiger partial charge in [0.2, 0.25) is 20.0 Å². The number of rotatable bonds is 7. The molecule has 0 amide bonds. The van der Waals surface area contributed by atoms with Gasteiger partial charge >= 0.3 is 0 Å². The molecule has 0 spiro atoms. The Hall–Kier alpha value is -1.92. The lowest BCUT2D eigenvalue weighted by molar-refractivity contribution is 0.101. The van der Waals surface area contributed by atoms with E-state index in [4.69, 9.17) is 0 Å². The second-order valence-corrected chi connectivity index (χ2v) is 11.6. The van der Waals surface area contributed by atoms with E-state index in [1.165, 1.54) is 83.6 Å². The van der Waals surface area contributed by atoms with Crippen molar-refractivity contribution in [2.24, 2.45) is 0 Å². The molecule has 0 atom stereocenters. The summed E-state index contributed by atoms with van der Waals surface area (Å²) >= 11 is 3.06. The van der Waals surface area contributed by atoms with E-state index >= 15 is 0 Å². The van der Waals surface area contributed by atoms with Crippen molar-refractivity contribution in [2.75, 3.05) is 33.5 Å². The summed E-state index contributed by atoms with van der Waals surface area (Å²) in [6.45, 7) is 1.44. The van der Waals surface area contributed by atoms with Crippen LogP contribution in [0.25, 0.3) is 0 Å². The third kappa shape index (κ3) is 7.04. The number of carbonyl (C=O) groups is 2. The van der Waals surface area contributed by atoms with E-state index < -0.39 is 20.0 Å². The molecule has 0 aliphatic heterocycles. The lowest BCUT2D eigenvalue weighted by atomic mass is 10.2. The number of benzene rings is 2. The van der Waals surface area contributed by atoms with Crippen LogP contribution in [0, 0.1) is 0 Å². The standard InChI is InChI=1S/C10H12BrNO3S.C10H13NO3S/c1-12(2)16(14,15)9-5-3-8(4-6-9)10(13)7-11;1-8(12)9-4-6-10(7-5-9)15(13,14)11(2)3/h3-6H,7H2,1-2H3;4-7H,1-3H3. The molecular formula is C20H25BrN2O6S2. The van der Waals surface area contributed by atoms with Crippen LogP contribution in [0.1, 0.15) is 27.6 Å². The first-order valence-electron chi connectivity index (χ1n) is 8.90. The van der Waals surface area contributed by atoms with Crippen LogP contribution in [-0.2, 0) is 20.0 Å². The molecule has 0 bridgehead atoms. The average Bonchev–Trinajstić information content (AvgIpc) is 2.73. The van der Waals surface area contributed by atoms with Crippen LogP contribution in [0.15, 0.2) is 58.3 Å². The molecule has 0 aliphatic carbocycles. The molecule has 0 unspecified atom stereocenters. The molecule has 2 rings (SSSR count). The molecule has 0 aliphatic rings. The minimum absolute atomic E-state index is 0.0752. The SMILES string of the molecule is CC(=O)c1ccc(S(=O)(=O)N(C)C)cc1.CN(C)S(=O)(=O)c1ccc(C(=O)CBr)cc1. The Morgan fingerprint density at radius 2 is 1.03 bits per heavy atom.